The van der Waals surface area contributed by atoms with E-state index in [0.29, 0.717) is 12.6 Å². The summed E-state index contributed by atoms with van der Waals surface area (Å²) >= 11 is 0. The Labute approximate surface area is 106 Å². The van der Waals surface area contributed by atoms with E-state index in [1.54, 1.807) is 14.2 Å². The number of ether oxygens (including phenoxy) is 2. The van der Waals surface area contributed by atoms with Gasteiger partial charge in [0.2, 0.25) is 0 Å². The maximum Gasteiger partial charge on any atom is 0.0590 e. The fourth-order valence-electron chi connectivity index (χ4n) is 2.12. The molecule has 0 radical (unpaired) electrons. The third-order valence-corrected chi connectivity index (χ3v) is 3.64. The number of nitrogens with two attached hydrogens (primary N) is 1. The molecule has 0 aromatic rings. The Bertz CT molecular complexity index is 190. The fraction of sp³-hybridized carbons (Fsp3) is 1.00. The van der Waals surface area contributed by atoms with Gasteiger partial charge >= 0.3 is 0 Å². The van der Waals surface area contributed by atoms with Crippen molar-refractivity contribution in [2.24, 2.45) is 5.73 Å². The van der Waals surface area contributed by atoms with Gasteiger partial charge in [-0.25, -0.2) is 0 Å². The monoisotopic (exact) mass is 246 g/mol. The molecule has 4 nitrogen and oxygen atoms in total. The first kappa shape index (κ1) is 16.8. The number of nitrogens with zero attached hydrogens (tertiary/aromatic N) is 1. The highest BCUT2D eigenvalue weighted by atomic mass is 16.5. The van der Waals surface area contributed by atoms with E-state index in [2.05, 4.69) is 25.7 Å². The summed E-state index contributed by atoms with van der Waals surface area (Å²) in [6, 6.07) is 0.510. The van der Waals surface area contributed by atoms with Crippen molar-refractivity contribution in [3.63, 3.8) is 0 Å². The van der Waals surface area contributed by atoms with E-state index in [4.69, 9.17) is 15.2 Å². The van der Waals surface area contributed by atoms with Crippen LogP contribution in [0.2, 0.25) is 0 Å². The van der Waals surface area contributed by atoms with E-state index in [9.17, 15) is 0 Å². The Morgan fingerprint density at radius 2 is 1.82 bits per heavy atom. The minimum Gasteiger partial charge on any atom is -0.385 e. The summed E-state index contributed by atoms with van der Waals surface area (Å²) in [4.78, 5) is 2.45. The van der Waals surface area contributed by atoms with Crippen LogP contribution >= 0.6 is 0 Å². The fourth-order valence-corrected chi connectivity index (χ4v) is 2.12. The van der Waals surface area contributed by atoms with Gasteiger partial charge in [-0.2, -0.15) is 0 Å². The second kappa shape index (κ2) is 8.86. The van der Waals surface area contributed by atoms with Crippen LogP contribution in [0.3, 0.4) is 0 Å². The molecule has 0 saturated heterocycles. The Morgan fingerprint density at radius 3 is 2.24 bits per heavy atom. The van der Waals surface area contributed by atoms with E-state index in [1.807, 2.05) is 0 Å². The SMILES string of the molecule is CCC(C)N(CCOC)C(C)(CN)CCOC. The number of rotatable bonds is 10. The molecule has 0 spiro atoms. The van der Waals surface area contributed by atoms with E-state index >= 15 is 0 Å². The zero-order valence-electron chi connectivity index (χ0n) is 12.2. The van der Waals surface area contributed by atoms with Gasteiger partial charge in [-0.3, -0.25) is 4.90 Å². The molecular formula is C13H30N2O2. The van der Waals surface area contributed by atoms with Crippen molar-refractivity contribution in [3.05, 3.63) is 0 Å². The van der Waals surface area contributed by atoms with Gasteiger partial charge in [0.15, 0.2) is 0 Å². The van der Waals surface area contributed by atoms with Crippen LogP contribution in [0.5, 0.6) is 0 Å². The highest BCUT2D eigenvalue weighted by Gasteiger charge is 2.32. The average Bonchev–Trinajstić information content (AvgIpc) is 2.36. The normalized spacial score (nSPS) is 17.1. The molecule has 2 unspecified atom stereocenters. The molecule has 0 heterocycles. The van der Waals surface area contributed by atoms with Gasteiger partial charge in [0.1, 0.15) is 0 Å². The molecule has 0 aromatic carbocycles. The van der Waals surface area contributed by atoms with E-state index in [0.717, 1.165) is 32.6 Å². The molecule has 104 valence electrons. The summed E-state index contributed by atoms with van der Waals surface area (Å²) in [5.41, 5.74) is 5.96. The van der Waals surface area contributed by atoms with Crippen LogP contribution in [0.15, 0.2) is 0 Å². The molecule has 0 saturated carbocycles. The lowest BCUT2D eigenvalue weighted by Crippen LogP contribution is -2.56. The maximum atomic E-state index is 5.97. The van der Waals surface area contributed by atoms with Gasteiger partial charge in [0.05, 0.1) is 6.61 Å². The predicted octanol–water partition coefficient (Wildman–Crippen LogP) is 1.49. The smallest absolute Gasteiger partial charge is 0.0590 e. The van der Waals surface area contributed by atoms with E-state index in [-0.39, 0.29) is 5.54 Å². The zero-order chi connectivity index (χ0) is 13.3. The predicted molar refractivity (Wildman–Crippen MR) is 72.3 cm³/mol. The van der Waals surface area contributed by atoms with Crippen molar-refractivity contribution in [1.29, 1.82) is 0 Å². The Hall–Kier alpha value is -0.160. The Balaban J connectivity index is 4.68. The van der Waals surface area contributed by atoms with Crippen LogP contribution in [0.25, 0.3) is 0 Å². The lowest BCUT2D eigenvalue weighted by molar-refractivity contribution is 0.0175. The summed E-state index contributed by atoms with van der Waals surface area (Å²) in [6.07, 6.45) is 2.07. The van der Waals surface area contributed by atoms with Gasteiger partial charge in [-0.05, 0) is 26.7 Å². The molecule has 17 heavy (non-hydrogen) atoms. The molecule has 0 aliphatic rings. The van der Waals surface area contributed by atoms with Gasteiger partial charge in [-0.1, -0.05) is 6.92 Å². The molecular weight excluding hydrogens is 216 g/mol. The summed E-state index contributed by atoms with van der Waals surface area (Å²) in [7, 11) is 3.48. The van der Waals surface area contributed by atoms with Crippen LogP contribution in [0.4, 0.5) is 0 Å². The number of methoxy groups -OCH3 is 2. The van der Waals surface area contributed by atoms with Gasteiger partial charge in [0.25, 0.3) is 0 Å². The molecule has 0 aromatic heterocycles. The maximum absolute atomic E-state index is 5.97. The Kier molecular flexibility index (Phi) is 8.78. The third-order valence-electron chi connectivity index (χ3n) is 3.64. The minimum atomic E-state index is -0.00995. The molecule has 0 rings (SSSR count). The molecule has 0 amide bonds. The van der Waals surface area contributed by atoms with Gasteiger partial charge < -0.3 is 15.2 Å². The van der Waals surface area contributed by atoms with E-state index in [1.165, 1.54) is 0 Å². The van der Waals surface area contributed by atoms with Crippen molar-refractivity contribution in [1.82, 2.24) is 4.90 Å². The molecule has 0 fully saturated rings. The van der Waals surface area contributed by atoms with Crippen molar-refractivity contribution in [2.45, 2.75) is 45.2 Å². The first-order valence-electron chi connectivity index (χ1n) is 6.50. The van der Waals surface area contributed by atoms with Crippen molar-refractivity contribution in [2.75, 3.05) is 40.5 Å². The topological polar surface area (TPSA) is 47.7 Å². The largest absolute Gasteiger partial charge is 0.385 e. The minimum absolute atomic E-state index is 0.00995. The summed E-state index contributed by atoms with van der Waals surface area (Å²) in [5.74, 6) is 0. The number of hydrogen-bond donors (Lipinski definition) is 1. The first-order valence-corrected chi connectivity index (χ1v) is 6.50. The second-order valence-corrected chi connectivity index (χ2v) is 4.89. The van der Waals surface area contributed by atoms with E-state index < -0.39 is 0 Å². The second-order valence-electron chi connectivity index (χ2n) is 4.89. The zero-order valence-corrected chi connectivity index (χ0v) is 12.2. The summed E-state index contributed by atoms with van der Waals surface area (Å²) < 4.78 is 10.4. The van der Waals surface area contributed by atoms with Gasteiger partial charge in [0, 0.05) is 45.5 Å². The number of hydrogen-bond acceptors (Lipinski definition) is 4. The standard InChI is InChI=1S/C13H30N2O2/c1-6-12(2)15(8-10-17-5)13(3,11-14)7-9-16-4/h12H,6-11,14H2,1-5H3. The van der Waals surface area contributed by atoms with Crippen LogP contribution in [0, 0.1) is 0 Å². The molecule has 4 heteroatoms. The van der Waals surface area contributed by atoms with Crippen molar-refractivity contribution >= 4 is 0 Å². The molecule has 2 atom stereocenters. The van der Waals surface area contributed by atoms with Gasteiger partial charge in [-0.15, -0.1) is 0 Å². The molecule has 0 aliphatic heterocycles. The third kappa shape index (κ3) is 5.34. The Morgan fingerprint density at radius 1 is 1.24 bits per heavy atom. The average molecular weight is 246 g/mol. The highest BCUT2D eigenvalue weighted by Crippen LogP contribution is 2.22. The molecule has 2 N–H and O–H groups in total. The lowest BCUT2D eigenvalue weighted by Gasteiger charge is -2.44. The van der Waals surface area contributed by atoms with Crippen LogP contribution in [0.1, 0.15) is 33.6 Å². The molecule has 0 bridgehead atoms. The lowest BCUT2D eigenvalue weighted by atomic mass is 9.93. The van der Waals surface area contributed by atoms with Crippen LogP contribution < -0.4 is 5.73 Å². The van der Waals surface area contributed by atoms with Crippen LogP contribution in [-0.4, -0.2) is 57.0 Å². The summed E-state index contributed by atoms with van der Waals surface area (Å²) in [6.45, 7) is 9.72. The highest BCUT2D eigenvalue weighted by molar-refractivity contribution is 4.89. The molecule has 0 aliphatic carbocycles. The first-order chi connectivity index (χ1) is 8.05. The summed E-state index contributed by atoms with van der Waals surface area (Å²) in [5, 5.41) is 0. The van der Waals surface area contributed by atoms with Crippen molar-refractivity contribution < 1.29 is 9.47 Å². The van der Waals surface area contributed by atoms with Crippen molar-refractivity contribution in [3.8, 4) is 0 Å². The van der Waals surface area contributed by atoms with Crippen LogP contribution in [-0.2, 0) is 9.47 Å². The quantitative estimate of drug-likeness (QED) is 0.634.